The van der Waals surface area contributed by atoms with E-state index >= 15 is 0 Å². The van der Waals surface area contributed by atoms with Gasteiger partial charge in [0.1, 0.15) is 0 Å². The van der Waals surface area contributed by atoms with E-state index in [0.717, 1.165) is 5.56 Å². The standard InChI is InChI=1S/C16H17N3O3/c1-19(10-11-3-5-12(6-4-11)15(17)20)16(21)13-7-8-14(22-2)18-9-13/h3-9H,10H2,1-2H3,(H2,17,20). The van der Waals surface area contributed by atoms with E-state index in [0.29, 0.717) is 23.6 Å². The zero-order valence-electron chi connectivity index (χ0n) is 12.4. The minimum absolute atomic E-state index is 0.144. The third-order valence-electron chi connectivity index (χ3n) is 3.20. The summed E-state index contributed by atoms with van der Waals surface area (Å²) in [4.78, 5) is 28.9. The first-order valence-corrected chi connectivity index (χ1v) is 6.65. The van der Waals surface area contributed by atoms with Crippen LogP contribution in [-0.4, -0.2) is 35.9 Å². The molecule has 2 rings (SSSR count). The van der Waals surface area contributed by atoms with Gasteiger partial charge in [0, 0.05) is 31.4 Å². The Morgan fingerprint density at radius 2 is 1.77 bits per heavy atom. The molecule has 22 heavy (non-hydrogen) atoms. The second-order valence-corrected chi connectivity index (χ2v) is 4.81. The van der Waals surface area contributed by atoms with Crippen LogP contribution in [0.3, 0.4) is 0 Å². The van der Waals surface area contributed by atoms with Crippen molar-refractivity contribution in [2.75, 3.05) is 14.2 Å². The lowest BCUT2D eigenvalue weighted by Crippen LogP contribution is -2.26. The number of hydrogen-bond donors (Lipinski definition) is 1. The van der Waals surface area contributed by atoms with Crippen molar-refractivity contribution in [1.82, 2.24) is 9.88 Å². The summed E-state index contributed by atoms with van der Waals surface area (Å²) in [6, 6.07) is 10.1. The maximum Gasteiger partial charge on any atom is 0.255 e. The lowest BCUT2D eigenvalue weighted by molar-refractivity contribution is 0.0784. The molecule has 114 valence electrons. The lowest BCUT2D eigenvalue weighted by Gasteiger charge is -2.17. The van der Waals surface area contributed by atoms with Gasteiger partial charge >= 0.3 is 0 Å². The summed E-state index contributed by atoms with van der Waals surface area (Å²) in [5.41, 5.74) is 7.02. The minimum atomic E-state index is -0.472. The number of primary amides is 1. The Bertz CT molecular complexity index is 666. The van der Waals surface area contributed by atoms with Crippen LogP contribution in [0.25, 0.3) is 0 Å². The van der Waals surface area contributed by atoms with Gasteiger partial charge in [0.15, 0.2) is 0 Å². The van der Waals surface area contributed by atoms with E-state index in [1.165, 1.54) is 13.3 Å². The number of benzene rings is 1. The smallest absolute Gasteiger partial charge is 0.255 e. The Labute approximate surface area is 128 Å². The fraction of sp³-hybridized carbons (Fsp3) is 0.188. The predicted octanol–water partition coefficient (Wildman–Crippen LogP) is 1.46. The fourth-order valence-corrected chi connectivity index (χ4v) is 1.97. The normalized spacial score (nSPS) is 10.1. The molecule has 1 aromatic heterocycles. The van der Waals surface area contributed by atoms with E-state index in [4.69, 9.17) is 10.5 Å². The number of hydrogen-bond acceptors (Lipinski definition) is 4. The van der Waals surface area contributed by atoms with Gasteiger partial charge in [0.25, 0.3) is 5.91 Å². The van der Waals surface area contributed by atoms with Crippen LogP contribution in [-0.2, 0) is 6.54 Å². The molecule has 0 bridgehead atoms. The van der Waals surface area contributed by atoms with Gasteiger partial charge in [-0.2, -0.15) is 0 Å². The molecule has 0 aliphatic carbocycles. The highest BCUT2D eigenvalue weighted by Gasteiger charge is 2.13. The Kier molecular flexibility index (Phi) is 4.73. The van der Waals surface area contributed by atoms with Gasteiger partial charge in [-0.25, -0.2) is 4.98 Å². The van der Waals surface area contributed by atoms with Crippen molar-refractivity contribution in [1.29, 1.82) is 0 Å². The van der Waals surface area contributed by atoms with Gasteiger partial charge in [0.05, 0.1) is 12.7 Å². The van der Waals surface area contributed by atoms with Gasteiger partial charge < -0.3 is 15.4 Å². The highest BCUT2D eigenvalue weighted by atomic mass is 16.5. The van der Waals surface area contributed by atoms with Crippen LogP contribution in [0.1, 0.15) is 26.3 Å². The first-order valence-electron chi connectivity index (χ1n) is 6.65. The Balaban J connectivity index is 2.05. The molecule has 0 saturated heterocycles. The lowest BCUT2D eigenvalue weighted by atomic mass is 10.1. The van der Waals surface area contributed by atoms with E-state index in [2.05, 4.69) is 4.98 Å². The number of pyridine rings is 1. The number of carbonyl (C=O) groups is 2. The van der Waals surface area contributed by atoms with Crippen molar-refractivity contribution in [2.45, 2.75) is 6.54 Å². The number of nitrogens with zero attached hydrogens (tertiary/aromatic N) is 2. The number of aromatic nitrogens is 1. The monoisotopic (exact) mass is 299 g/mol. The second kappa shape index (κ2) is 6.71. The summed E-state index contributed by atoms with van der Waals surface area (Å²) in [6.45, 7) is 0.421. The number of rotatable bonds is 5. The summed E-state index contributed by atoms with van der Waals surface area (Å²) >= 11 is 0. The highest BCUT2D eigenvalue weighted by molar-refractivity contribution is 5.94. The zero-order valence-corrected chi connectivity index (χ0v) is 12.4. The molecule has 1 heterocycles. The summed E-state index contributed by atoms with van der Waals surface area (Å²) < 4.78 is 4.96. The molecule has 6 heteroatoms. The number of amides is 2. The predicted molar refractivity (Wildman–Crippen MR) is 81.5 cm³/mol. The molecule has 1 aromatic carbocycles. The van der Waals surface area contributed by atoms with E-state index in [-0.39, 0.29) is 5.91 Å². The molecule has 2 N–H and O–H groups in total. The number of nitrogens with two attached hydrogens (primary N) is 1. The van der Waals surface area contributed by atoms with E-state index < -0.39 is 5.91 Å². The number of methoxy groups -OCH3 is 1. The summed E-state index contributed by atoms with van der Waals surface area (Å²) in [5.74, 6) is -0.157. The molecule has 0 spiro atoms. The van der Waals surface area contributed by atoms with E-state index in [9.17, 15) is 9.59 Å². The maximum absolute atomic E-state index is 12.3. The third kappa shape index (κ3) is 3.60. The van der Waals surface area contributed by atoms with Crippen molar-refractivity contribution in [2.24, 2.45) is 5.73 Å². The van der Waals surface area contributed by atoms with Crippen LogP contribution in [0.2, 0.25) is 0 Å². The SMILES string of the molecule is COc1ccc(C(=O)N(C)Cc2ccc(C(N)=O)cc2)cn1. The summed E-state index contributed by atoms with van der Waals surface area (Å²) in [6.07, 6.45) is 1.48. The first kappa shape index (κ1) is 15.5. The zero-order chi connectivity index (χ0) is 16.1. The minimum Gasteiger partial charge on any atom is -0.481 e. The van der Waals surface area contributed by atoms with Gasteiger partial charge in [-0.1, -0.05) is 12.1 Å². The quantitative estimate of drug-likeness (QED) is 0.905. The van der Waals surface area contributed by atoms with E-state index in [1.54, 1.807) is 48.3 Å². The number of ether oxygens (including phenoxy) is 1. The Morgan fingerprint density at radius 3 is 2.27 bits per heavy atom. The average molecular weight is 299 g/mol. The molecular weight excluding hydrogens is 282 g/mol. The number of carbonyl (C=O) groups excluding carboxylic acids is 2. The van der Waals surface area contributed by atoms with Crippen LogP contribution in [0.4, 0.5) is 0 Å². The van der Waals surface area contributed by atoms with Gasteiger partial charge in [-0.3, -0.25) is 9.59 Å². The van der Waals surface area contributed by atoms with Crippen molar-refractivity contribution < 1.29 is 14.3 Å². The molecule has 2 amide bonds. The largest absolute Gasteiger partial charge is 0.481 e. The molecule has 0 radical (unpaired) electrons. The van der Waals surface area contributed by atoms with Gasteiger partial charge in [-0.05, 0) is 23.8 Å². The third-order valence-corrected chi connectivity index (χ3v) is 3.20. The van der Waals surface area contributed by atoms with Crippen molar-refractivity contribution in [3.8, 4) is 5.88 Å². The molecule has 0 saturated carbocycles. The topological polar surface area (TPSA) is 85.5 Å². The Morgan fingerprint density at radius 1 is 1.14 bits per heavy atom. The molecule has 0 atom stereocenters. The van der Waals surface area contributed by atoms with Gasteiger partial charge in [-0.15, -0.1) is 0 Å². The van der Waals surface area contributed by atoms with Crippen molar-refractivity contribution >= 4 is 11.8 Å². The molecule has 0 fully saturated rings. The summed E-state index contributed by atoms with van der Waals surface area (Å²) in [7, 11) is 3.22. The van der Waals surface area contributed by atoms with Crippen LogP contribution in [0.5, 0.6) is 5.88 Å². The van der Waals surface area contributed by atoms with Crippen molar-refractivity contribution in [3.63, 3.8) is 0 Å². The van der Waals surface area contributed by atoms with Crippen LogP contribution in [0, 0.1) is 0 Å². The molecule has 0 aliphatic rings. The van der Waals surface area contributed by atoms with Crippen LogP contribution < -0.4 is 10.5 Å². The van der Waals surface area contributed by atoms with Gasteiger partial charge in [0.2, 0.25) is 11.8 Å². The average Bonchev–Trinajstić information content (AvgIpc) is 2.54. The highest BCUT2D eigenvalue weighted by Crippen LogP contribution is 2.11. The Hall–Kier alpha value is -2.89. The maximum atomic E-state index is 12.3. The van der Waals surface area contributed by atoms with Crippen LogP contribution >= 0.6 is 0 Å². The summed E-state index contributed by atoms with van der Waals surface area (Å²) in [5, 5.41) is 0. The molecule has 0 unspecified atom stereocenters. The molecule has 2 aromatic rings. The van der Waals surface area contributed by atoms with Crippen molar-refractivity contribution in [3.05, 3.63) is 59.3 Å². The molecule has 0 aliphatic heterocycles. The molecular formula is C16H17N3O3. The molecule has 6 nitrogen and oxygen atoms in total. The second-order valence-electron chi connectivity index (χ2n) is 4.81. The fourth-order valence-electron chi connectivity index (χ4n) is 1.97. The first-order chi connectivity index (χ1) is 10.5. The van der Waals surface area contributed by atoms with E-state index in [1.807, 2.05) is 0 Å². The van der Waals surface area contributed by atoms with Crippen LogP contribution in [0.15, 0.2) is 42.6 Å².